The number of halogens is 1. The molecule has 0 aliphatic rings. The van der Waals surface area contributed by atoms with Gasteiger partial charge in [-0.05, 0) is 54.6 Å². The Bertz CT molecular complexity index is 1410. The van der Waals surface area contributed by atoms with E-state index in [0.717, 1.165) is 0 Å². The molecule has 3 aromatic carbocycles. The van der Waals surface area contributed by atoms with E-state index < -0.39 is 15.7 Å². The van der Waals surface area contributed by atoms with Gasteiger partial charge in [0.25, 0.3) is 15.9 Å². The lowest BCUT2D eigenvalue weighted by Gasteiger charge is -2.10. The zero-order valence-electron chi connectivity index (χ0n) is 15.3. The van der Waals surface area contributed by atoms with Gasteiger partial charge in [0.15, 0.2) is 0 Å². The van der Waals surface area contributed by atoms with E-state index in [4.69, 9.17) is 11.6 Å². The van der Waals surface area contributed by atoms with E-state index in [2.05, 4.69) is 20.0 Å². The van der Waals surface area contributed by atoms with Crippen LogP contribution in [0.3, 0.4) is 0 Å². The summed E-state index contributed by atoms with van der Waals surface area (Å²) in [5.74, 6) is -0.376. The molecular weight excluding hydrogens is 428 g/mol. The highest BCUT2D eigenvalue weighted by atomic mass is 35.5. The molecule has 0 aliphatic carbocycles. The molecular formula is C20H15ClN4O4S. The maximum Gasteiger partial charge on any atom is 0.323 e. The number of anilines is 2. The maximum atomic E-state index is 12.6. The number of fused-ring (bicyclic) bond motifs is 1. The zero-order valence-corrected chi connectivity index (χ0v) is 16.8. The van der Waals surface area contributed by atoms with Gasteiger partial charge in [-0.25, -0.2) is 13.2 Å². The third-order valence-electron chi connectivity index (χ3n) is 4.32. The van der Waals surface area contributed by atoms with Gasteiger partial charge < -0.3 is 15.3 Å². The molecule has 30 heavy (non-hydrogen) atoms. The van der Waals surface area contributed by atoms with E-state index in [1.807, 2.05) is 0 Å². The Labute approximate surface area is 176 Å². The SMILES string of the molecule is O=C(Nc1ccccc1Cl)c1ccc(NS(=O)(=O)c2ccc3[nH]c(=O)[nH]c3c2)cc1. The Kier molecular flexibility index (Phi) is 5.06. The first kappa shape index (κ1) is 19.7. The lowest BCUT2D eigenvalue weighted by molar-refractivity contribution is 0.102. The summed E-state index contributed by atoms with van der Waals surface area (Å²) in [7, 11) is -3.89. The number of H-pyrrole nitrogens is 2. The minimum atomic E-state index is -3.89. The monoisotopic (exact) mass is 442 g/mol. The minimum absolute atomic E-state index is 0.00853. The number of aromatic nitrogens is 2. The Balaban J connectivity index is 1.51. The van der Waals surface area contributed by atoms with E-state index in [-0.39, 0.29) is 16.5 Å². The van der Waals surface area contributed by atoms with Crippen molar-refractivity contribution in [3.63, 3.8) is 0 Å². The number of sulfonamides is 1. The Morgan fingerprint density at radius 3 is 2.33 bits per heavy atom. The number of carbonyl (C=O) groups is 1. The van der Waals surface area contributed by atoms with Gasteiger partial charge in [0.2, 0.25) is 0 Å². The number of amides is 1. The van der Waals surface area contributed by atoms with Gasteiger partial charge in [-0.2, -0.15) is 0 Å². The van der Waals surface area contributed by atoms with Crippen LogP contribution in [0.4, 0.5) is 11.4 Å². The quantitative estimate of drug-likeness (QED) is 0.377. The summed E-state index contributed by atoms with van der Waals surface area (Å²) in [5.41, 5.74) is 1.57. The molecule has 0 saturated carbocycles. The molecule has 0 atom stereocenters. The lowest BCUT2D eigenvalue weighted by atomic mass is 10.2. The molecule has 4 aromatic rings. The molecule has 4 rings (SSSR count). The van der Waals surface area contributed by atoms with Crippen molar-refractivity contribution in [2.24, 2.45) is 0 Å². The van der Waals surface area contributed by atoms with Crippen molar-refractivity contribution >= 4 is 49.9 Å². The summed E-state index contributed by atoms with van der Waals surface area (Å²) >= 11 is 6.04. The van der Waals surface area contributed by atoms with Crippen LogP contribution < -0.4 is 15.7 Å². The second kappa shape index (κ2) is 7.69. The third kappa shape index (κ3) is 4.07. The van der Waals surface area contributed by atoms with Gasteiger partial charge in [-0.1, -0.05) is 23.7 Å². The molecule has 4 N–H and O–H groups in total. The van der Waals surface area contributed by atoms with Crippen molar-refractivity contribution in [1.29, 1.82) is 0 Å². The van der Waals surface area contributed by atoms with Crippen molar-refractivity contribution in [3.8, 4) is 0 Å². The number of para-hydroxylation sites is 1. The number of nitrogens with one attached hydrogen (secondary N) is 4. The van der Waals surface area contributed by atoms with Crippen LogP contribution in [0.1, 0.15) is 10.4 Å². The van der Waals surface area contributed by atoms with Gasteiger partial charge in [0, 0.05) is 11.3 Å². The molecule has 1 amide bonds. The van der Waals surface area contributed by atoms with Gasteiger partial charge in [0.05, 0.1) is 26.6 Å². The van der Waals surface area contributed by atoms with Crippen molar-refractivity contribution in [2.45, 2.75) is 4.90 Å². The summed E-state index contributed by atoms with van der Waals surface area (Å²) in [4.78, 5) is 28.8. The number of benzene rings is 3. The normalized spacial score (nSPS) is 11.4. The fraction of sp³-hybridized carbons (Fsp3) is 0. The summed E-state index contributed by atoms with van der Waals surface area (Å²) in [6.07, 6.45) is 0. The smallest absolute Gasteiger partial charge is 0.321 e. The topological polar surface area (TPSA) is 124 Å². The van der Waals surface area contributed by atoms with Crippen molar-refractivity contribution in [1.82, 2.24) is 9.97 Å². The molecule has 0 saturated heterocycles. The summed E-state index contributed by atoms with van der Waals surface area (Å²) in [6, 6.07) is 17.1. The van der Waals surface area contributed by atoms with E-state index in [1.165, 1.54) is 42.5 Å². The van der Waals surface area contributed by atoms with Crippen molar-refractivity contribution in [2.75, 3.05) is 10.0 Å². The van der Waals surface area contributed by atoms with Crippen LogP contribution in [0.25, 0.3) is 11.0 Å². The predicted molar refractivity (Wildman–Crippen MR) is 116 cm³/mol. The van der Waals surface area contributed by atoms with Gasteiger partial charge in [-0.15, -0.1) is 0 Å². The lowest BCUT2D eigenvalue weighted by Crippen LogP contribution is -2.14. The Hall–Kier alpha value is -3.56. The number of aromatic amines is 2. The standard InChI is InChI=1S/C20H15ClN4O4S/c21-15-3-1-2-4-16(15)22-19(26)12-5-7-13(8-6-12)25-30(28,29)14-9-10-17-18(11-14)24-20(27)23-17/h1-11,25H,(H,22,26)(H2,23,24,27). The van der Waals surface area contributed by atoms with Crippen molar-refractivity contribution < 1.29 is 13.2 Å². The molecule has 8 nitrogen and oxygen atoms in total. The summed E-state index contributed by atoms with van der Waals surface area (Å²) < 4.78 is 27.7. The molecule has 152 valence electrons. The summed E-state index contributed by atoms with van der Waals surface area (Å²) in [6.45, 7) is 0. The average molecular weight is 443 g/mol. The average Bonchev–Trinajstić information content (AvgIpc) is 3.09. The first-order valence-corrected chi connectivity index (χ1v) is 10.6. The van der Waals surface area contributed by atoms with Crippen molar-refractivity contribution in [3.05, 3.63) is 87.8 Å². The van der Waals surface area contributed by atoms with Crippen LogP contribution in [-0.4, -0.2) is 24.3 Å². The Morgan fingerprint density at radius 1 is 0.900 bits per heavy atom. The fourth-order valence-corrected chi connectivity index (χ4v) is 4.11. The minimum Gasteiger partial charge on any atom is -0.321 e. The molecule has 0 unspecified atom stereocenters. The molecule has 0 fully saturated rings. The number of imidazole rings is 1. The van der Waals surface area contributed by atoms with Crippen LogP contribution in [0.5, 0.6) is 0 Å². The van der Waals surface area contributed by atoms with E-state index >= 15 is 0 Å². The van der Waals surface area contributed by atoms with Gasteiger partial charge >= 0.3 is 5.69 Å². The van der Waals surface area contributed by atoms with Gasteiger partial charge in [0.1, 0.15) is 0 Å². The molecule has 0 aliphatic heterocycles. The van der Waals surface area contributed by atoms with Gasteiger partial charge in [-0.3, -0.25) is 9.52 Å². The third-order valence-corrected chi connectivity index (χ3v) is 6.03. The second-order valence-corrected chi connectivity index (χ2v) is 8.49. The molecule has 1 heterocycles. The molecule has 0 spiro atoms. The molecule has 10 heteroatoms. The zero-order chi connectivity index (χ0) is 21.3. The number of carbonyl (C=O) groups excluding carboxylic acids is 1. The highest BCUT2D eigenvalue weighted by Gasteiger charge is 2.16. The number of hydrogen-bond acceptors (Lipinski definition) is 4. The maximum absolute atomic E-state index is 12.6. The van der Waals surface area contributed by atoms with Crippen LogP contribution in [0.2, 0.25) is 5.02 Å². The molecule has 0 radical (unpaired) electrons. The largest absolute Gasteiger partial charge is 0.323 e. The predicted octanol–water partition coefficient (Wildman–Crippen LogP) is 3.56. The summed E-state index contributed by atoms with van der Waals surface area (Å²) in [5, 5.41) is 3.11. The highest BCUT2D eigenvalue weighted by Crippen LogP contribution is 2.22. The first-order valence-electron chi connectivity index (χ1n) is 8.73. The van der Waals surface area contributed by atoms with Crippen LogP contribution >= 0.6 is 11.6 Å². The Morgan fingerprint density at radius 2 is 1.60 bits per heavy atom. The molecule has 0 bridgehead atoms. The number of rotatable bonds is 5. The second-order valence-electron chi connectivity index (χ2n) is 6.40. The van der Waals surface area contributed by atoms with E-state index in [0.29, 0.717) is 27.3 Å². The fourth-order valence-electron chi connectivity index (χ4n) is 2.84. The van der Waals surface area contributed by atoms with Crippen LogP contribution in [0, 0.1) is 0 Å². The van der Waals surface area contributed by atoms with Crippen LogP contribution in [0.15, 0.2) is 76.4 Å². The molecule has 1 aromatic heterocycles. The van der Waals surface area contributed by atoms with Crippen LogP contribution in [-0.2, 0) is 10.0 Å². The highest BCUT2D eigenvalue weighted by molar-refractivity contribution is 7.92. The van der Waals surface area contributed by atoms with E-state index in [9.17, 15) is 18.0 Å². The first-order chi connectivity index (χ1) is 14.3. The van der Waals surface area contributed by atoms with E-state index in [1.54, 1.807) is 24.3 Å². The number of hydrogen-bond donors (Lipinski definition) is 4.